The minimum Gasteiger partial charge on any atom is -0.498 e. The fraction of sp³-hybridized carbons (Fsp3) is 0.500. The highest BCUT2D eigenvalue weighted by atomic mass is 19.1. The maximum absolute atomic E-state index is 14.1. The average molecular weight is 376 g/mol. The van der Waals surface area contributed by atoms with Gasteiger partial charge in [0.05, 0.1) is 12.9 Å². The van der Waals surface area contributed by atoms with E-state index in [9.17, 15) is 9.18 Å². The molecule has 1 N–H and O–H groups in total. The minimum atomic E-state index is -1.05. The van der Waals surface area contributed by atoms with Crippen LogP contribution in [0.4, 0.5) is 4.39 Å². The summed E-state index contributed by atoms with van der Waals surface area (Å²) < 4.78 is 25.3. The summed E-state index contributed by atoms with van der Waals surface area (Å²) in [5.41, 5.74) is 1.13. The molecule has 0 saturated heterocycles. The van der Waals surface area contributed by atoms with Gasteiger partial charge in [0.2, 0.25) is 0 Å². The van der Waals surface area contributed by atoms with E-state index in [1.807, 2.05) is 24.3 Å². The van der Waals surface area contributed by atoms with Crippen molar-refractivity contribution in [2.75, 3.05) is 7.11 Å². The number of methoxy groups -OCH3 is 1. The van der Waals surface area contributed by atoms with E-state index in [0.29, 0.717) is 25.0 Å². The number of allylic oxidation sites excluding steroid dienone is 7. The molecule has 0 amide bonds. The van der Waals surface area contributed by atoms with E-state index < -0.39 is 12.1 Å². The van der Waals surface area contributed by atoms with Crippen LogP contribution in [0.3, 0.4) is 0 Å². The summed E-state index contributed by atoms with van der Waals surface area (Å²) in [7, 11) is 1.51. The van der Waals surface area contributed by atoms with Gasteiger partial charge in [0, 0.05) is 19.3 Å². The second-order valence-corrected chi connectivity index (χ2v) is 6.83. The lowest BCUT2D eigenvalue weighted by atomic mass is 9.83. The number of rotatable bonds is 10. The molecule has 0 aromatic rings. The standard InChI is InChI=1S/C22H29FO4/c1-3-18(9-5-4-6-11-22(24)25)27-19-10-7-8-16(14-19)17-12-13-21(26-2)20(23)15-17/h3-5,8,13-14,17-18,20H,1,6-7,9-12,15H2,2H3,(H,24,25)/b5-4-/t17?,18?,20-/m1/s1. The fourth-order valence-electron chi connectivity index (χ4n) is 3.35. The normalized spacial score (nSPS) is 23.9. The number of carboxylic acids is 1. The van der Waals surface area contributed by atoms with Gasteiger partial charge in [-0.05, 0) is 49.3 Å². The van der Waals surface area contributed by atoms with Crippen LogP contribution in [0.25, 0.3) is 0 Å². The first-order valence-corrected chi connectivity index (χ1v) is 9.48. The molecule has 2 aliphatic rings. The number of alkyl halides is 1. The Hall–Kier alpha value is -2.30. The number of aliphatic carboxylic acids is 1. The molecule has 0 bridgehead atoms. The molecule has 2 rings (SSSR count). The topological polar surface area (TPSA) is 55.8 Å². The molecule has 0 aliphatic heterocycles. The molecule has 2 aliphatic carbocycles. The zero-order valence-corrected chi connectivity index (χ0v) is 15.9. The molecular weight excluding hydrogens is 347 g/mol. The average Bonchev–Trinajstić information content (AvgIpc) is 2.66. The van der Waals surface area contributed by atoms with Crippen LogP contribution >= 0.6 is 0 Å². The second kappa shape index (κ2) is 10.8. The van der Waals surface area contributed by atoms with Gasteiger partial charge >= 0.3 is 5.97 Å². The molecule has 4 nitrogen and oxygen atoms in total. The predicted octanol–water partition coefficient (Wildman–Crippen LogP) is 5.25. The summed E-state index contributed by atoms with van der Waals surface area (Å²) in [4.78, 5) is 10.5. The van der Waals surface area contributed by atoms with Crippen LogP contribution in [0.5, 0.6) is 0 Å². The number of halogens is 1. The van der Waals surface area contributed by atoms with Gasteiger partial charge < -0.3 is 14.6 Å². The van der Waals surface area contributed by atoms with E-state index >= 15 is 0 Å². The molecule has 27 heavy (non-hydrogen) atoms. The molecule has 0 heterocycles. The first-order chi connectivity index (χ1) is 13.0. The van der Waals surface area contributed by atoms with Gasteiger partial charge in [-0.2, -0.15) is 0 Å². The molecule has 0 saturated carbocycles. The van der Waals surface area contributed by atoms with Crippen molar-refractivity contribution >= 4 is 5.97 Å². The Balaban J connectivity index is 1.90. The summed E-state index contributed by atoms with van der Waals surface area (Å²) in [6.45, 7) is 3.82. The van der Waals surface area contributed by atoms with Crippen molar-refractivity contribution < 1.29 is 23.8 Å². The summed E-state index contributed by atoms with van der Waals surface area (Å²) in [5.74, 6) is 0.683. The number of hydrogen-bond donors (Lipinski definition) is 1. The van der Waals surface area contributed by atoms with Crippen molar-refractivity contribution in [2.24, 2.45) is 5.92 Å². The Kier molecular flexibility index (Phi) is 8.37. The van der Waals surface area contributed by atoms with Crippen LogP contribution < -0.4 is 0 Å². The monoisotopic (exact) mass is 376 g/mol. The molecule has 0 fully saturated rings. The summed E-state index contributed by atoms with van der Waals surface area (Å²) in [6.07, 6.45) is 14.6. The van der Waals surface area contributed by atoms with Crippen LogP contribution in [-0.2, 0) is 14.3 Å². The fourth-order valence-corrected chi connectivity index (χ4v) is 3.35. The zero-order chi connectivity index (χ0) is 19.6. The van der Waals surface area contributed by atoms with E-state index in [0.717, 1.165) is 30.6 Å². The number of carboxylic acid groups (broad SMARTS) is 1. The Morgan fingerprint density at radius 1 is 1.44 bits per heavy atom. The molecule has 0 spiro atoms. The highest BCUT2D eigenvalue weighted by Crippen LogP contribution is 2.35. The van der Waals surface area contributed by atoms with Crippen molar-refractivity contribution in [3.8, 4) is 0 Å². The van der Waals surface area contributed by atoms with Gasteiger partial charge in [0.1, 0.15) is 11.9 Å². The molecule has 148 valence electrons. The molecular formula is C22H29FO4. The third-order valence-electron chi connectivity index (χ3n) is 4.83. The van der Waals surface area contributed by atoms with Gasteiger partial charge in [-0.15, -0.1) is 0 Å². The second-order valence-electron chi connectivity index (χ2n) is 6.83. The molecule has 5 heteroatoms. The van der Waals surface area contributed by atoms with Crippen molar-refractivity contribution in [3.63, 3.8) is 0 Å². The number of carbonyl (C=O) groups is 1. The van der Waals surface area contributed by atoms with Crippen LogP contribution in [0.2, 0.25) is 0 Å². The first-order valence-electron chi connectivity index (χ1n) is 9.48. The van der Waals surface area contributed by atoms with Crippen molar-refractivity contribution in [3.05, 3.63) is 60.1 Å². The predicted molar refractivity (Wildman–Crippen MR) is 104 cm³/mol. The van der Waals surface area contributed by atoms with E-state index in [1.165, 1.54) is 7.11 Å². The lowest BCUT2D eigenvalue weighted by molar-refractivity contribution is -0.136. The Morgan fingerprint density at radius 2 is 2.26 bits per heavy atom. The zero-order valence-electron chi connectivity index (χ0n) is 15.9. The molecule has 0 aromatic carbocycles. The Labute approximate surface area is 160 Å². The van der Waals surface area contributed by atoms with Gasteiger partial charge in [0.15, 0.2) is 6.17 Å². The summed E-state index contributed by atoms with van der Waals surface area (Å²) >= 11 is 0. The smallest absolute Gasteiger partial charge is 0.303 e. The number of hydrogen-bond acceptors (Lipinski definition) is 3. The third-order valence-corrected chi connectivity index (χ3v) is 4.83. The molecule has 3 atom stereocenters. The van der Waals surface area contributed by atoms with Crippen molar-refractivity contribution in [1.82, 2.24) is 0 Å². The molecule has 2 unspecified atom stereocenters. The van der Waals surface area contributed by atoms with Crippen molar-refractivity contribution in [1.29, 1.82) is 0 Å². The Bertz CT molecular complexity index is 645. The highest BCUT2D eigenvalue weighted by Gasteiger charge is 2.27. The van der Waals surface area contributed by atoms with Crippen molar-refractivity contribution in [2.45, 2.75) is 57.2 Å². The maximum Gasteiger partial charge on any atom is 0.303 e. The summed E-state index contributed by atoms with van der Waals surface area (Å²) in [5, 5.41) is 8.64. The first kappa shape index (κ1) is 21.0. The third kappa shape index (κ3) is 6.74. The van der Waals surface area contributed by atoms with E-state index in [4.69, 9.17) is 14.6 Å². The van der Waals surface area contributed by atoms with E-state index in [-0.39, 0.29) is 18.4 Å². The van der Waals surface area contributed by atoms with E-state index in [2.05, 4.69) is 12.7 Å². The largest absolute Gasteiger partial charge is 0.498 e. The van der Waals surface area contributed by atoms with Crippen LogP contribution in [0.15, 0.2) is 60.1 Å². The van der Waals surface area contributed by atoms with Gasteiger partial charge in [-0.25, -0.2) is 4.39 Å². The SMILES string of the molecule is C=CC(C/C=C\CCC(=O)O)OC1=CC(C2CC=C(OC)[C@H](F)C2)=CCC1. The summed E-state index contributed by atoms with van der Waals surface area (Å²) in [6, 6.07) is 0. The Morgan fingerprint density at radius 3 is 2.93 bits per heavy atom. The van der Waals surface area contributed by atoms with Crippen LogP contribution in [-0.4, -0.2) is 30.5 Å². The quantitative estimate of drug-likeness (QED) is 0.529. The molecule has 0 aromatic heterocycles. The van der Waals surface area contributed by atoms with Gasteiger partial charge in [-0.3, -0.25) is 4.79 Å². The number of ether oxygens (including phenoxy) is 2. The van der Waals surface area contributed by atoms with Crippen LogP contribution in [0, 0.1) is 5.92 Å². The lowest BCUT2D eigenvalue weighted by Crippen LogP contribution is -2.20. The highest BCUT2D eigenvalue weighted by molar-refractivity contribution is 5.66. The van der Waals surface area contributed by atoms with Gasteiger partial charge in [0.25, 0.3) is 0 Å². The van der Waals surface area contributed by atoms with E-state index in [1.54, 1.807) is 6.08 Å². The molecule has 0 radical (unpaired) electrons. The lowest BCUT2D eigenvalue weighted by Gasteiger charge is -2.28. The maximum atomic E-state index is 14.1. The van der Waals surface area contributed by atoms with Crippen LogP contribution in [0.1, 0.15) is 44.9 Å². The van der Waals surface area contributed by atoms with Gasteiger partial charge in [-0.1, -0.05) is 30.9 Å². The minimum absolute atomic E-state index is 0.131.